The summed E-state index contributed by atoms with van der Waals surface area (Å²) in [6, 6.07) is 4.59. The number of hydrogen-bond donors (Lipinski definition) is 1. The zero-order chi connectivity index (χ0) is 18.8. The zero-order valence-electron chi connectivity index (χ0n) is 15.3. The second kappa shape index (κ2) is 7.29. The van der Waals surface area contributed by atoms with E-state index < -0.39 is 29.9 Å². The minimum absolute atomic E-state index is 0.0255. The summed E-state index contributed by atoms with van der Waals surface area (Å²) in [6.07, 6.45) is -1.76. The highest BCUT2D eigenvalue weighted by Gasteiger charge is 2.37. The molecular weight excluding hydrogens is 327 g/mol. The highest BCUT2D eigenvalue weighted by atomic mass is 19.1. The molecule has 25 heavy (non-hydrogen) atoms. The van der Waals surface area contributed by atoms with Crippen molar-refractivity contribution in [3.8, 4) is 0 Å². The molecule has 2 rings (SSSR count). The van der Waals surface area contributed by atoms with E-state index in [1.54, 1.807) is 45.9 Å². The number of benzene rings is 1. The third kappa shape index (κ3) is 4.84. The standard InChI is InChI=1S/C18H25FN2O4/c1-11-6-7-12(8-13(11)16(22)24-5)20-15-10-21(9-14(15)19)17(23)25-18(2,3)4/h6-8,14-15,20H,9-10H2,1-5H3/t14-,15-/m0/s1. The summed E-state index contributed by atoms with van der Waals surface area (Å²) in [6.45, 7) is 7.27. The number of esters is 1. The summed E-state index contributed by atoms with van der Waals surface area (Å²) in [4.78, 5) is 25.2. The van der Waals surface area contributed by atoms with Gasteiger partial charge in [-0.1, -0.05) is 6.07 Å². The van der Waals surface area contributed by atoms with Gasteiger partial charge in [0.2, 0.25) is 0 Å². The fourth-order valence-electron chi connectivity index (χ4n) is 2.63. The van der Waals surface area contributed by atoms with Gasteiger partial charge in [0.15, 0.2) is 0 Å². The fourth-order valence-corrected chi connectivity index (χ4v) is 2.63. The van der Waals surface area contributed by atoms with E-state index in [1.807, 2.05) is 0 Å². The summed E-state index contributed by atoms with van der Waals surface area (Å²) in [7, 11) is 1.31. The second-order valence-electron chi connectivity index (χ2n) is 7.17. The molecule has 0 spiro atoms. The van der Waals surface area contributed by atoms with Crippen molar-refractivity contribution >= 4 is 17.7 Å². The Morgan fingerprint density at radius 3 is 2.56 bits per heavy atom. The lowest BCUT2D eigenvalue weighted by atomic mass is 10.1. The van der Waals surface area contributed by atoms with Gasteiger partial charge in [-0.05, 0) is 45.4 Å². The van der Waals surface area contributed by atoms with Crippen LogP contribution < -0.4 is 5.32 Å². The Bertz CT molecular complexity index is 657. The van der Waals surface area contributed by atoms with Crippen molar-refractivity contribution in [3.05, 3.63) is 29.3 Å². The molecule has 1 saturated heterocycles. The molecule has 0 unspecified atom stereocenters. The molecule has 1 aromatic carbocycles. The van der Waals surface area contributed by atoms with Crippen LogP contribution in [0.15, 0.2) is 18.2 Å². The SMILES string of the molecule is COC(=O)c1cc(N[C@H]2CN(C(=O)OC(C)(C)C)C[C@@H]2F)ccc1C. The van der Waals surface area contributed by atoms with E-state index in [-0.39, 0.29) is 13.1 Å². The lowest BCUT2D eigenvalue weighted by molar-refractivity contribution is 0.0283. The number of hydrogen-bond acceptors (Lipinski definition) is 5. The van der Waals surface area contributed by atoms with Crippen LogP contribution in [0.3, 0.4) is 0 Å². The first-order chi connectivity index (χ1) is 11.6. The number of anilines is 1. The Balaban J connectivity index is 2.06. The monoisotopic (exact) mass is 352 g/mol. The smallest absolute Gasteiger partial charge is 0.410 e. The maximum atomic E-state index is 14.3. The molecular formula is C18H25FN2O4. The fraction of sp³-hybridized carbons (Fsp3) is 0.556. The number of aryl methyl sites for hydroxylation is 1. The Labute approximate surface area is 147 Å². The summed E-state index contributed by atoms with van der Waals surface area (Å²) >= 11 is 0. The largest absolute Gasteiger partial charge is 0.465 e. The predicted octanol–water partition coefficient (Wildman–Crippen LogP) is 3.15. The first kappa shape index (κ1) is 19.0. The normalized spacial score (nSPS) is 20.3. The van der Waals surface area contributed by atoms with Crippen molar-refractivity contribution in [1.82, 2.24) is 4.90 Å². The van der Waals surface area contributed by atoms with Crippen LogP contribution in [0.4, 0.5) is 14.9 Å². The van der Waals surface area contributed by atoms with Gasteiger partial charge in [0, 0.05) is 12.2 Å². The van der Waals surface area contributed by atoms with E-state index in [0.29, 0.717) is 11.3 Å². The number of nitrogens with one attached hydrogen (secondary N) is 1. The number of carbonyl (C=O) groups is 2. The molecule has 0 bridgehead atoms. The number of rotatable bonds is 3. The minimum Gasteiger partial charge on any atom is -0.465 e. The molecule has 7 heteroatoms. The van der Waals surface area contributed by atoms with Crippen molar-refractivity contribution in [2.24, 2.45) is 0 Å². The molecule has 138 valence electrons. The van der Waals surface area contributed by atoms with E-state index >= 15 is 0 Å². The summed E-state index contributed by atoms with van der Waals surface area (Å²) < 4.78 is 24.3. The third-order valence-electron chi connectivity index (χ3n) is 3.90. The van der Waals surface area contributed by atoms with Crippen LogP contribution in [0.25, 0.3) is 0 Å². The van der Waals surface area contributed by atoms with E-state index in [1.165, 1.54) is 12.0 Å². The molecule has 1 aliphatic heterocycles. The number of likely N-dealkylation sites (tertiary alicyclic amines) is 1. The molecule has 1 fully saturated rings. The molecule has 1 amide bonds. The number of methoxy groups -OCH3 is 1. The van der Waals surface area contributed by atoms with E-state index in [9.17, 15) is 14.0 Å². The van der Waals surface area contributed by atoms with Crippen LogP contribution >= 0.6 is 0 Å². The molecule has 0 aromatic heterocycles. The average molecular weight is 352 g/mol. The van der Waals surface area contributed by atoms with Crippen molar-refractivity contribution in [2.75, 3.05) is 25.5 Å². The number of nitrogens with zero attached hydrogens (tertiary/aromatic N) is 1. The van der Waals surface area contributed by atoms with Gasteiger partial charge < -0.3 is 19.7 Å². The summed E-state index contributed by atoms with van der Waals surface area (Å²) in [5, 5.41) is 3.05. The van der Waals surface area contributed by atoms with Crippen LogP contribution in [-0.4, -0.2) is 55.0 Å². The first-order valence-electron chi connectivity index (χ1n) is 8.18. The van der Waals surface area contributed by atoms with E-state index in [0.717, 1.165) is 5.56 Å². The number of alkyl halides is 1. The van der Waals surface area contributed by atoms with Crippen molar-refractivity contribution in [1.29, 1.82) is 0 Å². The second-order valence-corrected chi connectivity index (χ2v) is 7.17. The van der Waals surface area contributed by atoms with Crippen LogP contribution in [0.1, 0.15) is 36.7 Å². The highest BCUT2D eigenvalue weighted by Crippen LogP contribution is 2.23. The van der Waals surface area contributed by atoms with Crippen LogP contribution in [0.2, 0.25) is 0 Å². The molecule has 1 aliphatic rings. The first-order valence-corrected chi connectivity index (χ1v) is 8.18. The van der Waals surface area contributed by atoms with Gasteiger partial charge in [-0.25, -0.2) is 14.0 Å². The van der Waals surface area contributed by atoms with Gasteiger partial charge >= 0.3 is 12.1 Å². The number of amides is 1. The maximum absolute atomic E-state index is 14.3. The predicted molar refractivity (Wildman–Crippen MR) is 92.6 cm³/mol. The number of carbonyl (C=O) groups excluding carboxylic acids is 2. The maximum Gasteiger partial charge on any atom is 0.410 e. The van der Waals surface area contributed by atoms with Crippen LogP contribution in [-0.2, 0) is 9.47 Å². The number of halogens is 1. The Morgan fingerprint density at radius 2 is 1.96 bits per heavy atom. The van der Waals surface area contributed by atoms with Gasteiger partial charge in [-0.2, -0.15) is 0 Å². The average Bonchev–Trinajstić information content (AvgIpc) is 2.88. The molecule has 1 heterocycles. The van der Waals surface area contributed by atoms with Crippen molar-refractivity contribution in [3.63, 3.8) is 0 Å². The molecule has 0 radical (unpaired) electrons. The lowest BCUT2D eigenvalue weighted by Crippen LogP contribution is -2.36. The highest BCUT2D eigenvalue weighted by molar-refractivity contribution is 5.92. The Kier molecular flexibility index (Phi) is 5.55. The van der Waals surface area contributed by atoms with Crippen LogP contribution in [0.5, 0.6) is 0 Å². The molecule has 1 N–H and O–H groups in total. The zero-order valence-corrected chi connectivity index (χ0v) is 15.3. The van der Waals surface area contributed by atoms with Crippen molar-refractivity contribution in [2.45, 2.75) is 45.5 Å². The Morgan fingerprint density at radius 1 is 1.28 bits per heavy atom. The summed E-state index contributed by atoms with van der Waals surface area (Å²) in [5.74, 6) is -0.445. The van der Waals surface area contributed by atoms with Crippen LogP contribution in [0, 0.1) is 6.92 Å². The van der Waals surface area contributed by atoms with Gasteiger partial charge in [0.05, 0.1) is 25.3 Å². The van der Waals surface area contributed by atoms with Gasteiger partial charge in [-0.3, -0.25) is 0 Å². The van der Waals surface area contributed by atoms with E-state index in [2.05, 4.69) is 5.32 Å². The van der Waals surface area contributed by atoms with E-state index in [4.69, 9.17) is 9.47 Å². The molecule has 6 nitrogen and oxygen atoms in total. The molecule has 1 aromatic rings. The van der Waals surface area contributed by atoms with Gasteiger partial charge in [0.25, 0.3) is 0 Å². The Hall–Kier alpha value is -2.31. The quantitative estimate of drug-likeness (QED) is 0.847. The molecule has 2 atom stereocenters. The number of ether oxygens (including phenoxy) is 2. The minimum atomic E-state index is -1.23. The topological polar surface area (TPSA) is 67.9 Å². The van der Waals surface area contributed by atoms with Gasteiger partial charge in [0.1, 0.15) is 11.8 Å². The van der Waals surface area contributed by atoms with Crippen molar-refractivity contribution < 1.29 is 23.5 Å². The third-order valence-corrected chi connectivity index (χ3v) is 3.90. The summed E-state index contributed by atoms with van der Waals surface area (Å²) in [5.41, 5.74) is 1.17. The molecule has 0 saturated carbocycles. The lowest BCUT2D eigenvalue weighted by Gasteiger charge is -2.24. The molecule has 0 aliphatic carbocycles. The van der Waals surface area contributed by atoms with Gasteiger partial charge in [-0.15, -0.1) is 0 Å².